The molecule has 1 heterocycles. The van der Waals surface area contributed by atoms with Gasteiger partial charge in [-0.2, -0.15) is 0 Å². The average Bonchev–Trinajstić information content (AvgIpc) is 2.68. The van der Waals surface area contributed by atoms with E-state index in [0.717, 1.165) is 30.8 Å². The van der Waals surface area contributed by atoms with Crippen molar-refractivity contribution in [3.05, 3.63) is 20.8 Å². The molecule has 0 radical (unpaired) electrons. The van der Waals surface area contributed by atoms with Crippen molar-refractivity contribution in [1.82, 2.24) is 5.32 Å². The quantitative estimate of drug-likeness (QED) is 0.712. The van der Waals surface area contributed by atoms with E-state index in [0.29, 0.717) is 13.2 Å². The highest BCUT2D eigenvalue weighted by atomic mass is 79.9. The van der Waals surface area contributed by atoms with Crippen molar-refractivity contribution in [2.75, 3.05) is 33.0 Å². The fourth-order valence-electron chi connectivity index (χ4n) is 1.17. The van der Waals surface area contributed by atoms with Crippen molar-refractivity contribution in [2.45, 2.75) is 13.5 Å². The molecule has 0 aliphatic rings. The molecule has 3 nitrogen and oxygen atoms in total. The fourth-order valence-corrected chi connectivity index (χ4v) is 2.59. The lowest BCUT2D eigenvalue weighted by Crippen LogP contribution is -2.19. The van der Waals surface area contributed by atoms with Crippen molar-refractivity contribution < 1.29 is 9.47 Å². The summed E-state index contributed by atoms with van der Waals surface area (Å²) in [6.07, 6.45) is 0. The van der Waals surface area contributed by atoms with Gasteiger partial charge in [0.1, 0.15) is 0 Å². The SMILES string of the molecule is CCOCCOCCNCc1cc(Br)cs1. The summed E-state index contributed by atoms with van der Waals surface area (Å²) in [4.78, 5) is 1.33. The Morgan fingerprint density at radius 2 is 2.12 bits per heavy atom. The Morgan fingerprint density at radius 3 is 2.81 bits per heavy atom. The third-order valence-electron chi connectivity index (χ3n) is 1.92. The van der Waals surface area contributed by atoms with Crippen LogP contribution < -0.4 is 5.32 Å². The molecule has 0 aromatic carbocycles. The van der Waals surface area contributed by atoms with Gasteiger partial charge in [0, 0.05) is 34.4 Å². The summed E-state index contributed by atoms with van der Waals surface area (Å²) in [6.45, 7) is 6.64. The lowest BCUT2D eigenvalue weighted by molar-refractivity contribution is 0.0539. The normalized spacial score (nSPS) is 10.9. The molecule has 5 heteroatoms. The number of nitrogens with one attached hydrogen (secondary N) is 1. The molecule has 0 saturated carbocycles. The third kappa shape index (κ3) is 6.60. The maximum absolute atomic E-state index is 5.39. The van der Waals surface area contributed by atoms with Gasteiger partial charge in [-0.1, -0.05) is 0 Å². The second-order valence-corrected chi connectivity index (χ2v) is 5.13. The Labute approximate surface area is 109 Å². The molecule has 0 aliphatic carbocycles. The molecule has 1 aromatic rings. The first-order valence-electron chi connectivity index (χ1n) is 5.42. The second-order valence-electron chi connectivity index (χ2n) is 3.22. The van der Waals surface area contributed by atoms with Gasteiger partial charge in [0.15, 0.2) is 0 Å². The van der Waals surface area contributed by atoms with Crippen LogP contribution in [-0.2, 0) is 16.0 Å². The first-order valence-corrected chi connectivity index (χ1v) is 7.09. The maximum atomic E-state index is 5.39. The van der Waals surface area contributed by atoms with Crippen LogP contribution in [0.3, 0.4) is 0 Å². The minimum Gasteiger partial charge on any atom is -0.379 e. The molecule has 0 saturated heterocycles. The van der Waals surface area contributed by atoms with Gasteiger partial charge in [0.25, 0.3) is 0 Å². The zero-order valence-electron chi connectivity index (χ0n) is 9.50. The molecule has 0 fully saturated rings. The highest BCUT2D eigenvalue weighted by Gasteiger charge is 1.96. The standard InChI is InChI=1S/C11H18BrNO2S/c1-2-14-5-6-15-4-3-13-8-11-7-10(12)9-16-11/h7,9,13H,2-6,8H2,1H3. The Bertz CT molecular complexity index is 281. The van der Waals surface area contributed by atoms with Crippen molar-refractivity contribution in [2.24, 2.45) is 0 Å². The Hall–Kier alpha value is 0.0600. The summed E-state index contributed by atoms with van der Waals surface area (Å²) in [5.41, 5.74) is 0. The van der Waals surface area contributed by atoms with E-state index in [-0.39, 0.29) is 0 Å². The summed E-state index contributed by atoms with van der Waals surface area (Å²) in [7, 11) is 0. The Kier molecular flexibility index (Phi) is 8.06. The van der Waals surface area contributed by atoms with Crippen LogP contribution in [0, 0.1) is 0 Å². The van der Waals surface area contributed by atoms with E-state index in [4.69, 9.17) is 9.47 Å². The van der Waals surface area contributed by atoms with E-state index in [1.165, 1.54) is 4.88 Å². The largest absolute Gasteiger partial charge is 0.379 e. The van der Waals surface area contributed by atoms with Crippen LogP contribution in [0.1, 0.15) is 11.8 Å². The first kappa shape index (κ1) is 14.1. The molecule has 16 heavy (non-hydrogen) atoms. The maximum Gasteiger partial charge on any atom is 0.0701 e. The van der Waals surface area contributed by atoms with Gasteiger partial charge in [0.2, 0.25) is 0 Å². The van der Waals surface area contributed by atoms with Crippen LogP contribution in [0.2, 0.25) is 0 Å². The number of hydrogen-bond donors (Lipinski definition) is 1. The van der Waals surface area contributed by atoms with Crippen molar-refractivity contribution >= 4 is 27.3 Å². The zero-order valence-corrected chi connectivity index (χ0v) is 11.9. The lowest BCUT2D eigenvalue weighted by atomic mass is 10.4. The van der Waals surface area contributed by atoms with E-state index in [1.807, 2.05) is 6.92 Å². The van der Waals surface area contributed by atoms with Crippen LogP contribution in [0.4, 0.5) is 0 Å². The van der Waals surface area contributed by atoms with Crippen molar-refractivity contribution in [3.8, 4) is 0 Å². The molecule has 1 aromatic heterocycles. The Morgan fingerprint density at radius 1 is 1.31 bits per heavy atom. The van der Waals surface area contributed by atoms with E-state index in [9.17, 15) is 0 Å². The molecule has 92 valence electrons. The summed E-state index contributed by atoms with van der Waals surface area (Å²) in [5, 5.41) is 5.42. The van der Waals surface area contributed by atoms with Crippen LogP contribution in [0.15, 0.2) is 15.9 Å². The van der Waals surface area contributed by atoms with Crippen LogP contribution >= 0.6 is 27.3 Å². The minimum absolute atomic E-state index is 0.681. The smallest absolute Gasteiger partial charge is 0.0701 e. The number of halogens is 1. The summed E-state index contributed by atoms with van der Waals surface area (Å²) in [6, 6.07) is 2.13. The van der Waals surface area contributed by atoms with Crippen molar-refractivity contribution in [1.29, 1.82) is 0 Å². The molecular weight excluding hydrogens is 290 g/mol. The van der Waals surface area contributed by atoms with Gasteiger partial charge in [-0.05, 0) is 28.9 Å². The molecule has 1 N–H and O–H groups in total. The van der Waals surface area contributed by atoms with E-state index < -0.39 is 0 Å². The summed E-state index contributed by atoms with van der Waals surface area (Å²) in [5.74, 6) is 0. The highest BCUT2D eigenvalue weighted by Crippen LogP contribution is 2.19. The molecule has 0 bridgehead atoms. The first-order chi connectivity index (χ1) is 7.83. The second kappa shape index (κ2) is 9.13. The van der Waals surface area contributed by atoms with E-state index in [1.54, 1.807) is 11.3 Å². The molecular formula is C11H18BrNO2S. The van der Waals surface area contributed by atoms with Crippen molar-refractivity contribution in [3.63, 3.8) is 0 Å². The monoisotopic (exact) mass is 307 g/mol. The predicted molar refractivity (Wildman–Crippen MR) is 71.0 cm³/mol. The third-order valence-corrected chi connectivity index (χ3v) is 3.62. The van der Waals surface area contributed by atoms with E-state index >= 15 is 0 Å². The molecule has 0 amide bonds. The fraction of sp³-hybridized carbons (Fsp3) is 0.636. The van der Waals surface area contributed by atoms with Gasteiger partial charge in [-0.3, -0.25) is 0 Å². The molecule has 0 spiro atoms. The van der Waals surface area contributed by atoms with Gasteiger partial charge in [-0.15, -0.1) is 11.3 Å². The number of rotatable bonds is 9. The Balaban J connectivity index is 1.88. The molecule has 0 atom stereocenters. The predicted octanol–water partition coefficient (Wildman–Crippen LogP) is 2.65. The van der Waals surface area contributed by atoms with Crippen LogP contribution in [0.5, 0.6) is 0 Å². The van der Waals surface area contributed by atoms with Gasteiger partial charge in [-0.25, -0.2) is 0 Å². The van der Waals surface area contributed by atoms with Crippen LogP contribution in [0.25, 0.3) is 0 Å². The number of ether oxygens (including phenoxy) is 2. The number of thiophene rings is 1. The number of hydrogen-bond acceptors (Lipinski definition) is 4. The molecule has 1 rings (SSSR count). The lowest BCUT2D eigenvalue weighted by Gasteiger charge is -2.05. The van der Waals surface area contributed by atoms with Gasteiger partial charge in [0.05, 0.1) is 19.8 Å². The summed E-state index contributed by atoms with van der Waals surface area (Å²) < 4.78 is 11.7. The molecule has 0 unspecified atom stereocenters. The topological polar surface area (TPSA) is 30.5 Å². The van der Waals surface area contributed by atoms with Gasteiger partial charge < -0.3 is 14.8 Å². The van der Waals surface area contributed by atoms with E-state index in [2.05, 4.69) is 32.7 Å². The zero-order chi connectivity index (χ0) is 11.6. The average molecular weight is 308 g/mol. The summed E-state index contributed by atoms with van der Waals surface area (Å²) >= 11 is 5.19. The molecule has 0 aliphatic heterocycles. The minimum atomic E-state index is 0.681. The highest BCUT2D eigenvalue weighted by molar-refractivity contribution is 9.10. The van der Waals surface area contributed by atoms with Gasteiger partial charge >= 0.3 is 0 Å². The van der Waals surface area contributed by atoms with Crippen LogP contribution in [-0.4, -0.2) is 33.0 Å².